The van der Waals surface area contributed by atoms with Gasteiger partial charge in [-0.2, -0.15) is 15.3 Å². The normalized spacial score (nSPS) is 10.7. The number of rotatable bonds is 4. The van der Waals surface area contributed by atoms with Crippen LogP contribution in [0.5, 0.6) is 0 Å². The molecule has 3 N–H and O–H groups in total. The van der Waals surface area contributed by atoms with Gasteiger partial charge >= 0.3 is 6.03 Å². The van der Waals surface area contributed by atoms with Crippen LogP contribution in [0.2, 0.25) is 5.02 Å². The molecular formula is C16H13ClN10O2. The van der Waals surface area contributed by atoms with Crippen LogP contribution in [0, 0.1) is 0 Å². The zero-order chi connectivity index (χ0) is 20.4. The third-order valence-corrected chi connectivity index (χ3v) is 3.94. The molecule has 4 aromatic rings. The Morgan fingerprint density at radius 2 is 1.79 bits per heavy atom. The molecule has 0 aliphatic rings. The summed E-state index contributed by atoms with van der Waals surface area (Å²) in [5.41, 5.74) is 1.33. The summed E-state index contributed by atoms with van der Waals surface area (Å²) in [6, 6.07) is 0.926. The third kappa shape index (κ3) is 3.82. The Bertz CT molecular complexity index is 1200. The molecule has 0 aliphatic carbocycles. The molecule has 13 heteroatoms. The number of fused-ring (bicyclic) bond motifs is 1. The molecule has 0 bridgehead atoms. The van der Waals surface area contributed by atoms with Gasteiger partial charge < -0.3 is 16.0 Å². The fourth-order valence-electron chi connectivity index (χ4n) is 2.52. The van der Waals surface area contributed by atoms with Gasteiger partial charge in [0.05, 0.1) is 41.2 Å². The van der Waals surface area contributed by atoms with Crippen molar-refractivity contribution in [1.29, 1.82) is 0 Å². The lowest BCUT2D eigenvalue weighted by Crippen LogP contribution is -2.22. The summed E-state index contributed by atoms with van der Waals surface area (Å²) in [6.45, 7) is 1.35. The maximum absolute atomic E-state index is 12.4. The second kappa shape index (κ2) is 7.52. The first-order valence-electron chi connectivity index (χ1n) is 8.21. The quantitative estimate of drug-likeness (QED) is 0.464. The minimum atomic E-state index is -0.586. The van der Waals surface area contributed by atoms with Crippen molar-refractivity contribution < 1.29 is 9.59 Å². The maximum Gasteiger partial charge on any atom is 0.323 e. The number of nitrogens with one attached hydrogen (secondary N) is 3. The largest absolute Gasteiger partial charge is 0.323 e. The van der Waals surface area contributed by atoms with Crippen LogP contribution in [-0.2, 0) is 4.79 Å². The summed E-state index contributed by atoms with van der Waals surface area (Å²) in [7, 11) is 0. The molecule has 0 saturated carbocycles. The molecule has 12 nitrogen and oxygen atoms in total. The van der Waals surface area contributed by atoms with Crippen LogP contribution < -0.4 is 16.0 Å². The molecule has 4 heterocycles. The van der Waals surface area contributed by atoms with Crippen LogP contribution in [0.3, 0.4) is 0 Å². The minimum absolute atomic E-state index is 0.249. The number of aromatic nitrogens is 7. The first-order chi connectivity index (χ1) is 14.0. The molecule has 0 spiro atoms. The number of anilines is 3. The Hall–Kier alpha value is -4.06. The smallest absolute Gasteiger partial charge is 0.321 e. The first-order valence-corrected chi connectivity index (χ1v) is 8.59. The second-order valence-electron chi connectivity index (χ2n) is 5.74. The molecule has 0 fully saturated rings. The molecule has 0 radical (unpaired) electrons. The molecule has 3 amide bonds. The van der Waals surface area contributed by atoms with E-state index in [0.29, 0.717) is 22.8 Å². The summed E-state index contributed by atoms with van der Waals surface area (Å²) < 4.78 is 1.47. The van der Waals surface area contributed by atoms with Crippen molar-refractivity contribution in [2.75, 3.05) is 16.0 Å². The van der Waals surface area contributed by atoms with E-state index < -0.39 is 6.03 Å². The van der Waals surface area contributed by atoms with Crippen LogP contribution in [0.1, 0.15) is 6.92 Å². The zero-order valence-electron chi connectivity index (χ0n) is 14.9. The van der Waals surface area contributed by atoms with Crippen LogP contribution in [0.4, 0.5) is 21.9 Å². The van der Waals surface area contributed by atoms with Gasteiger partial charge in [0.2, 0.25) is 5.91 Å². The van der Waals surface area contributed by atoms with E-state index in [4.69, 9.17) is 11.6 Å². The molecule has 0 unspecified atom stereocenters. The van der Waals surface area contributed by atoms with Crippen LogP contribution in [-0.4, -0.2) is 46.5 Å². The van der Waals surface area contributed by atoms with Crippen molar-refractivity contribution in [2.24, 2.45) is 0 Å². The monoisotopic (exact) mass is 412 g/mol. The maximum atomic E-state index is 12.4. The summed E-state index contributed by atoms with van der Waals surface area (Å²) in [5, 5.41) is 20.2. The van der Waals surface area contributed by atoms with E-state index in [1.54, 1.807) is 6.20 Å². The Labute approximate surface area is 167 Å². The van der Waals surface area contributed by atoms with Gasteiger partial charge in [0, 0.05) is 19.3 Å². The number of urea groups is 1. The lowest BCUT2D eigenvalue weighted by atomic mass is 10.3. The molecular weight excluding hydrogens is 400 g/mol. The van der Waals surface area contributed by atoms with Gasteiger partial charge in [0.25, 0.3) is 0 Å². The number of hydrogen-bond acceptors (Lipinski definition) is 7. The van der Waals surface area contributed by atoms with Crippen molar-refractivity contribution in [3.8, 4) is 5.82 Å². The summed E-state index contributed by atoms with van der Waals surface area (Å²) in [4.78, 5) is 33.5. The summed E-state index contributed by atoms with van der Waals surface area (Å²) in [5.74, 6) is 0.00730. The minimum Gasteiger partial charge on any atom is -0.321 e. The van der Waals surface area contributed by atoms with Gasteiger partial charge in [0.15, 0.2) is 11.5 Å². The van der Waals surface area contributed by atoms with E-state index >= 15 is 0 Å². The fraction of sp³-hybridized carbons (Fsp3) is 0.0625. The predicted octanol–water partition coefficient (Wildman–Crippen LogP) is 1.96. The molecule has 0 atom stereocenters. The van der Waals surface area contributed by atoms with Crippen molar-refractivity contribution in [3.05, 3.63) is 48.3 Å². The Kier molecular flexibility index (Phi) is 4.75. The van der Waals surface area contributed by atoms with Crippen molar-refractivity contribution >= 4 is 46.2 Å². The van der Waals surface area contributed by atoms with Crippen LogP contribution in [0.15, 0.2) is 43.2 Å². The Balaban J connectivity index is 1.54. The van der Waals surface area contributed by atoms with E-state index in [-0.39, 0.29) is 16.6 Å². The molecule has 0 aromatic carbocycles. The molecule has 0 aliphatic heterocycles. The van der Waals surface area contributed by atoms with Crippen molar-refractivity contribution in [3.63, 3.8) is 0 Å². The highest BCUT2D eigenvalue weighted by atomic mass is 35.5. The fourth-order valence-corrected chi connectivity index (χ4v) is 2.77. The Morgan fingerprint density at radius 1 is 1.00 bits per heavy atom. The number of halogens is 1. The van der Waals surface area contributed by atoms with E-state index in [0.717, 1.165) is 0 Å². The number of hydrogen-bond donors (Lipinski definition) is 3. The van der Waals surface area contributed by atoms with Gasteiger partial charge in [-0.3, -0.25) is 4.79 Å². The standard InChI is InChI=1S/C16H13ClN10O2/c1-9(28)23-13-12(8-22-26-5-4-18-15(13)26)25-16(29)24-10-6-11(17)14(19-7-10)27-20-2-3-21-27/h2-8H,1H3,(H,23,28)(H2,24,25,29). The summed E-state index contributed by atoms with van der Waals surface area (Å²) >= 11 is 6.20. The number of amides is 3. The van der Waals surface area contributed by atoms with Gasteiger partial charge in [-0.1, -0.05) is 11.6 Å². The third-order valence-electron chi connectivity index (χ3n) is 3.66. The van der Waals surface area contributed by atoms with Gasteiger partial charge in [-0.05, 0) is 6.07 Å². The van der Waals surface area contributed by atoms with E-state index in [9.17, 15) is 9.59 Å². The lowest BCUT2D eigenvalue weighted by molar-refractivity contribution is -0.114. The highest BCUT2D eigenvalue weighted by Crippen LogP contribution is 2.25. The van der Waals surface area contributed by atoms with Crippen molar-refractivity contribution in [2.45, 2.75) is 6.92 Å². The Morgan fingerprint density at radius 3 is 2.52 bits per heavy atom. The SMILES string of the molecule is CC(=O)Nc1c(NC(=O)Nc2cnc(-n3nccn3)c(Cl)c2)cnn2ccnc12. The highest BCUT2D eigenvalue weighted by Gasteiger charge is 2.15. The molecule has 0 saturated heterocycles. The van der Waals surface area contributed by atoms with E-state index in [1.165, 1.54) is 53.3 Å². The van der Waals surface area contributed by atoms with Gasteiger partial charge in [-0.15, -0.1) is 4.80 Å². The van der Waals surface area contributed by atoms with Crippen LogP contribution in [0.25, 0.3) is 11.5 Å². The summed E-state index contributed by atoms with van der Waals surface area (Å²) in [6.07, 6.45) is 8.95. The molecule has 29 heavy (non-hydrogen) atoms. The number of carbonyl (C=O) groups excluding carboxylic acids is 2. The molecule has 146 valence electrons. The average Bonchev–Trinajstić information content (AvgIpc) is 3.35. The zero-order valence-corrected chi connectivity index (χ0v) is 15.6. The van der Waals surface area contributed by atoms with Gasteiger partial charge in [0.1, 0.15) is 5.69 Å². The number of carbonyl (C=O) groups is 2. The second-order valence-corrected chi connectivity index (χ2v) is 6.14. The predicted molar refractivity (Wildman–Crippen MR) is 104 cm³/mol. The average molecular weight is 413 g/mol. The van der Waals surface area contributed by atoms with Crippen molar-refractivity contribution in [1.82, 2.24) is 34.6 Å². The number of pyridine rings is 1. The van der Waals surface area contributed by atoms with E-state index in [2.05, 4.69) is 41.2 Å². The number of nitrogens with zero attached hydrogens (tertiary/aromatic N) is 7. The molecule has 4 rings (SSSR count). The lowest BCUT2D eigenvalue weighted by Gasteiger charge is -2.13. The highest BCUT2D eigenvalue weighted by molar-refractivity contribution is 6.32. The van der Waals surface area contributed by atoms with Gasteiger partial charge in [-0.25, -0.2) is 19.3 Å². The molecule has 4 aromatic heterocycles. The van der Waals surface area contributed by atoms with Crippen LogP contribution >= 0.6 is 11.6 Å². The topological polar surface area (TPSA) is 144 Å². The van der Waals surface area contributed by atoms with E-state index in [1.807, 2.05) is 0 Å². The number of imidazole rings is 1. The first kappa shape index (κ1) is 18.3.